The Labute approximate surface area is 132 Å². The third kappa shape index (κ3) is 3.67. The summed E-state index contributed by atoms with van der Waals surface area (Å²) in [6, 6.07) is 4.05. The van der Waals surface area contributed by atoms with Crippen LogP contribution in [0.4, 0.5) is 5.13 Å². The molecule has 0 atom stereocenters. The van der Waals surface area contributed by atoms with Crippen LogP contribution in [-0.2, 0) is 13.0 Å². The lowest BCUT2D eigenvalue weighted by Crippen LogP contribution is -2.00. The average Bonchev–Trinajstić information content (AvgIpc) is 2.84. The van der Waals surface area contributed by atoms with Crippen LogP contribution in [0.2, 0.25) is 0 Å². The summed E-state index contributed by atoms with van der Waals surface area (Å²) in [5.74, 6) is 0.799. The maximum absolute atomic E-state index is 5.28. The summed E-state index contributed by atoms with van der Waals surface area (Å²) in [6.07, 6.45) is 0.916. The van der Waals surface area contributed by atoms with E-state index in [1.165, 1.54) is 0 Å². The molecule has 102 valence electrons. The van der Waals surface area contributed by atoms with Gasteiger partial charge in [0.25, 0.3) is 0 Å². The van der Waals surface area contributed by atoms with Gasteiger partial charge in [0, 0.05) is 6.54 Å². The normalized spacial score (nSPS) is 10.5. The SMILES string of the molecule is CCc1nnc(NCc2cc(Br)c(OC)c(Br)c2)s1. The molecular weight excluding hydrogens is 394 g/mol. The van der Waals surface area contributed by atoms with Gasteiger partial charge in [-0.15, -0.1) is 10.2 Å². The van der Waals surface area contributed by atoms with Gasteiger partial charge < -0.3 is 10.1 Å². The monoisotopic (exact) mass is 405 g/mol. The van der Waals surface area contributed by atoms with Crippen LogP contribution in [-0.4, -0.2) is 17.3 Å². The van der Waals surface area contributed by atoms with E-state index in [2.05, 4.69) is 54.3 Å². The van der Waals surface area contributed by atoms with Crippen molar-refractivity contribution in [3.05, 3.63) is 31.6 Å². The summed E-state index contributed by atoms with van der Waals surface area (Å²) in [4.78, 5) is 0. The molecule has 0 spiro atoms. The number of ether oxygens (including phenoxy) is 1. The Hall–Kier alpha value is -0.660. The van der Waals surface area contributed by atoms with Gasteiger partial charge in [-0.3, -0.25) is 0 Å². The van der Waals surface area contributed by atoms with Crippen LogP contribution in [0.1, 0.15) is 17.5 Å². The van der Waals surface area contributed by atoms with E-state index < -0.39 is 0 Å². The van der Waals surface area contributed by atoms with Crippen LogP contribution in [0, 0.1) is 0 Å². The zero-order valence-electron chi connectivity index (χ0n) is 10.5. The first kappa shape index (κ1) is 14.7. The van der Waals surface area contributed by atoms with Crippen molar-refractivity contribution in [2.45, 2.75) is 19.9 Å². The van der Waals surface area contributed by atoms with Crippen molar-refractivity contribution >= 4 is 48.3 Å². The number of rotatable bonds is 5. The molecule has 2 aromatic rings. The summed E-state index contributed by atoms with van der Waals surface area (Å²) in [6.45, 7) is 2.77. The van der Waals surface area contributed by atoms with Crippen LogP contribution in [0.5, 0.6) is 5.75 Å². The minimum absolute atomic E-state index is 0.694. The Morgan fingerprint density at radius 1 is 1.26 bits per heavy atom. The molecule has 0 aliphatic carbocycles. The average molecular weight is 407 g/mol. The molecule has 0 radical (unpaired) electrons. The van der Waals surface area contributed by atoms with Crippen LogP contribution >= 0.6 is 43.2 Å². The lowest BCUT2D eigenvalue weighted by Gasteiger charge is -2.09. The maximum atomic E-state index is 5.28. The molecule has 19 heavy (non-hydrogen) atoms. The van der Waals surface area contributed by atoms with Gasteiger partial charge >= 0.3 is 0 Å². The van der Waals surface area contributed by atoms with E-state index in [0.29, 0.717) is 6.54 Å². The second-order valence-corrected chi connectivity index (χ2v) is 6.57. The zero-order chi connectivity index (χ0) is 13.8. The molecule has 0 aliphatic rings. The van der Waals surface area contributed by atoms with Crippen molar-refractivity contribution in [3.63, 3.8) is 0 Å². The summed E-state index contributed by atoms with van der Waals surface area (Å²) in [5.41, 5.74) is 1.13. The molecule has 0 amide bonds. The van der Waals surface area contributed by atoms with Gasteiger partial charge in [0.2, 0.25) is 5.13 Å². The predicted molar refractivity (Wildman–Crippen MR) is 85.0 cm³/mol. The number of nitrogens with one attached hydrogen (secondary N) is 1. The van der Waals surface area contributed by atoms with E-state index in [-0.39, 0.29) is 0 Å². The molecule has 0 saturated heterocycles. The summed E-state index contributed by atoms with van der Waals surface area (Å²) in [5, 5.41) is 13.3. The molecule has 1 heterocycles. The molecule has 7 heteroatoms. The summed E-state index contributed by atoms with van der Waals surface area (Å²) in [7, 11) is 1.65. The highest BCUT2D eigenvalue weighted by atomic mass is 79.9. The van der Waals surface area contributed by atoms with Crippen molar-refractivity contribution in [2.75, 3.05) is 12.4 Å². The standard InChI is InChI=1S/C12H13Br2N3OS/c1-3-10-16-17-12(19-10)15-6-7-4-8(13)11(18-2)9(14)5-7/h4-5H,3,6H2,1-2H3,(H,15,17). The highest BCUT2D eigenvalue weighted by Gasteiger charge is 2.08. The zero-order valence-corrected chi connectivity index (χ0v) is 14.5. The second kappa shape index (κ2) is 6.67. The minimum Gasteiger partial charge on any atom is -0.494 e. The number of nitrogens with zero attached hydrogens (tertiary/aromatic N) is 2. The number of anilines is 1. The summed E-state index contributed by atoms with van der Waals surface area (Å²) >= 11 is 8.57. The van der Waals surface area contributed by atoms with Crippen LogP contribution in [0.3, 0.4) is 0 Å². The molecular formula is C12H13Br2N3OS. The van der Waals surface area contributed by atoms with E-state index in [4.69, 9.17) is 4.74 Å². The predicted octanol–water partition coefficient (Wildman–Crippen LogP) is 4.25. The quantitative estimate of drug-likeness (QED) is 0.806. The van der Waals surface area contributed by atoms with Gasteiger partial charge in [-0.05, 0) is 56.0 Å². The third-order valence-corrected chi connectivity index (χ3v) is 4.68. The molecule has 0 saturated carbocycles. The Morgan fingerprint density at radius 3 is 2.47 bits per heavy atom. The van der Waals surface area contributed by atoms with Crippen molar-refractivity contribution in [1.29, 1.82) is 0 Å². The molecule has 1 N–H and O–H groups in total. The number of aryl methyl sites for hydroxylation is 1. The van der Waals surface area contributed by atoms with Crippen molar-refractivity contribution in [1.82, 2.24) is 10.2 Å². The molecule has 1 aromatic heterocycles. The first-order valence-corrected chi connectivity index (χ1v) is 8.12. The lowest BCUT2D eigenvalue weighted by atomic mass is 10.2. The van der Waals surface area contributed by atoms with Crippen molar-refractivity contribution in [3.8, 4) is 5.75 Å². The minimum atomic E-state index is 0.694. The molecule has 0 bridgehead atoms. The van der Waals surface area contributed by atoms with Gasteiger partial charge in [-0.2, -0.15) is 0 Å². The fourth-order valence-electron chi connectivity index (χ4n) is 1.56. The number of hydrogen-bond donors (Lipinski definition) is 1. The number of methoxy groups -OCH3 is 1. The topological polar surface area (TPSA) is 47.0 Å². The molecule has 0 unspecified atom stereocenters. The van der Waals surface area contributed by atoms with E-state index in [0.717, 1.165) is 36.8 Å². The van der Waals surface area contributed by atoms with Gasteiger partial charge in [-0.25, -0.2) is 0 Å². The molecule has 1 aromatic carbocycles. The fourth-order valence-corrected chi connectivity index (χ4v) is 3.84. The number of benzene rings is 1. The van der Waals surface area contributed by atoms with Gasteiger partial charge in [-0.1, -0.05) is 18.3 Å². The highest BCUT2D eigenvalue weighted by Crippen LogP contribution is 2.34. The Kier molecular flexibility index (Phi) is 5.18. The Morgan fingerprint density at radius 2 is 1.95 bits per heavy atom. The molecule has 2 rings (SSSR count). The van der Waals surface area contributed by atoms with Gasteiger partial charge in [0.15, 0.2) is 0 Å². The van der Waals surface area contributed by atoms with E-state index in [9.17, 15) is 0 Å². The van der Waals surface area contributed by atoms with Crippen LogP contribution < -0.4 is 10.1 Å². The third-order valence-electron chi connectivity index (χ3n) is 2.48. The second-order valence-electron chi connectivity index (χ2n) is 3.80. The molecule has 0 aliphatic heterocycles. The van der Waals surface area contributed by atoms with Crippen LogP contribution in [0.25, 0.3) is 0 Å². The van der Waals surface area contributed by atoms with E-state index in [1.807, 2.05) is 12.1 Å². The highest BCUT2D eigenvalue weighted by molar-refractivity contribution is 9.11. The van der Waals surface area contributed by atoms with Crippen molar-refractivity contribution in [2.24, 2.45) is 0 Å². The van der Waals surface area contributed by atoms with Gasteiger partial charge in [0.1, 0.15) is 10.8 Å². The number of aromatic nitrogens is 2. The fraction of sp³-hybridized carbons (Fsp3) is 0.333. The lowest BCUT2D eigenvalue weighted by molar-refractivity contribution is 0.409. The van der Waals surface area contributed by atoms with Crippen LogP contribution in [0.15, 0.2) is 21.1 Å². The smallest absolute Gasteiger partial charge is 0.205 e. The maximum Gasteiger partial charge on any atom is 0.205 e. The first-order valence-electron chi connectivity index (χ1n) is 5.72. The number of hydrogen-bond acceptors (Lipinski definition) is 5. The number of halogens is 2. The Bertz CT molecular complexity index is 551. The van der Waals surface area contributed by atoms with E-state index in [1.54, 1.807) is 18.4 Å². The molecule has 4 nitrogen and oxygen atoms in total. The first-order chi connectivity index (χ1) is 9.13. The molecule has 0 fully saturated rings. The van der Waals surface area contributed by atoms with Crippen molar-refractivity contribution < 1.29 is 4.74 Å². The Balaban J connectivity index is 2.07. The van der Waals surface area contributed by atoms with Gasteiger partial charge in [0.05, 0.1) is 16.1 Å². The summed E-state index contributed by atoms with van der Waals surface area (Å²) < 4.78 is 7.12. The van der Waals surface area contributed by atoms with E-state index >= 15 is 0 Å². The largest absolute Gasteiger partial charge is 0.494 e.